The van der Waals surface area contributed by atoms with Gasteiger partial charge in [-0.2, -0.15) is 0 Å². The average Bonchev–Trinajstić information content (AvgIpc) is 3.02. The Kier molecular flexibility index (Phi) is 2.78. The first-order chi connectivity index (χ1) is 8.25. The molecule has 0 bridgehead atoms. The summed E-state index contributed by atoms with van der Waals surface area (Å²) in [6.07, 6.45) is 3.20. The predicted octanol–water partition coefficient (Wildman–Crippen LogP) is -0.571. The highest BCUT2D eigenvalue weighted by Crippen LogP contribution is 2.28. The number of hydrogen-bond acceptors (Lipinski definition) is 3. The normalized spacial score (nSPS) is 29.9. The summed E-state index contributed by atoms with van der Waals surface area (Å²) in [4.78, 5) is 27.8. The summed E-state index contributed by atoms with van der Waals surface area (Å²) in [6.45, 7) is 3.45. The maximum Gasteiger partial charge on any atom is 0.242 e. The zero-order valence-corrected chi connectivity index (χ0v) is 10.0. The van der Waals surface area contributed by atoms with E-state index in [0.717, 1.165) is 45.4 Å². The van der Waals surface area contributed by atoms with Gasteiger partial charge < -0.3 is 15.1 Å². The van der Waals surface area contributed by atoms with E-state index in [1.165, 1.54) is 0 Å². The first kappa shape index (κ1) is 11.0. The minimum absolute atomic E-state index is 0.0928. The van der Waals surface area contributed by atoms with E-state index in [0.29, 0.717) is 12.6 Å². The molecule has 94 valence electrons. The van der Waals surface area contributed by atoms with Crippen molar-refractivity contribution in [1.82, 2.24) is 15.1 Å². The molecular weight excluding hydrogens is 218 g/mol. The first-order valence-electron chi connectivity index (χ1n) is 6.54. The molecule has 2 aliphatic heterocycles. The second kappa shape index (κ2) is 4.29. The Hall–Kier alpha value is -1.10. The maximum atomic E-state index is 12.2. The molecule has 0 aromatic rings. The van der Waals surface area contributed by atoms with Gasteiger partial charge in [0.15, 0.2) is 0 Å². The highest BCUT2D eigenvalue weighted by atomic mass is 16.2. The van der Waals surface area contributed by atoms with Crippen LogP contribution in [0.1, 0.15) is 19.3 Å². The van der Waals surface area contributed by atoms with Crippen LogP contribution in [-0.2, 0) is 9.59 Å². The van der Waals surface area contributed by atoms with Gasteiger partial charge in [-0.3, -0.25) is 9.59 Å². The smallest absolute Gasteiger partial charge is 0.242 e. The van der Waals surface area contributed by atoms with E-state index in [9.17, 15) is 9.59 Å². The van der Waals surface area contributed by atoms with Crippen LogP contribution in [0.25, 0.3) is 0 Å². The molecule has 0 aromatic heterocycles. The van der Waals surface area contributed by atoms with E-state index in [4.69, 9.17) is 0 Å². The number of amides is 2. The van der Waals surface area contributed by atoms with Crippen LogP contribution in [0.2, 0.25) is 0 Å². The first-order valence-corrected chi connectivity index (χ1v) is 6.54. The lowest BCUT2D eigenvalue weighted by Crippen LogP contribution is -2.54. The quantitative estimate of drug-likeness (QED) is 0.700. The fraction of sp³-hybridized carbons (Fsp3) is 0.833. The molecule has 3 rings (SSSR count). The van der Waals surface area contributed by atoms with Gasteiger partial charge in [-0.15, -0.1) is 0 Å². The standard InChI is InChI=1S/C12H19N3O2/c16-11-8-14(5-6-15(11)10-1-2-10)12(17)9-3-4-13-7-9/h9-10,13H,1-8H2/t9-/m1/s1. The highest BCUT2D eigenvalue weighted by Gasteiger charge is 2.38. The fourth-order valence-electron chi connectivity index (χ4n) is 2.77. The van der Waals surface area contributed by atoms with Gasteiger partial charge in [0.05, 0.1) is 12.5 Å². The summed E-state index contributed by atoms with van der Waals surface area (Å²) in [5.41, 5.74) is 0. The minimum Gasteiger partial charge on any atom is -0.336 e. The summed E-state index contributed by atoms with van der Waals surface area (Å²) >= 11 is 0. The van der Waals surface area contributed by atoms with Crippen molar-refractivity contribution in [1.29, 1.82) is 0 Å². The topological polar surface area (TPSA) is 52.7 Å². The molecule has 1 aliphatic carbocycles. The van der Waals surface area contributed by atoms with Crippen LogP contribution >= 0.6 is 0 Å². The molecule has 1 atom stereocenters. The van der Waals surface area contributed by atoms with Crippen molar-refractivity contribution >= 4 is 11.8 Å². The van der Waals surface area contributed by atoms with Gasteiger partial charge in [0.2, 0.25) is 11.8 Å². The van der Waals surface area contributed by atoms with Crippen LogP contribution in [-0.4, -0.2) is 60.4 Å². The van der Waals surface area contributed by atoms with Gasteiger partial charge in [0.25, 0.3) is 0 Å². The molecule has 0 radical (unpaired) electrons. The molecule has 3 fully saturated rings. The summed E-state index contributed by atoms with van der Waals surface area (Å²) in [5.74, 6) is 0.395. The second-order valence-corrected chi connectivity index (χ2v) is 5.27. The van der Waals surface area contributed by atoms with Gasteiger partial charge in [0.1, 0.15) is 0 Å². The third kappa shape index (κ3) is 2.16. The number of rotatable bonds is 2. The Bertz CT molecular complexity index is 335. The molecule has 2 heterocycles. The Labute approximate surface area is 101 Å². The van der Waals surface area contributed by atoms with Gasteiger partial charge in [-0.1, -0.05) is 0 Å². The largest absolute Gasteiger partial charge is 0.336 e. The summed E-state index contributed by atoms with van der Waals surface area (Å²) in [7, 11) is 0. The fourth-order valence-corrected chi connectivity index (χ4v) is 2.77. The third-order valence-corrected chi connectivity index (χ3v) is 3.97. The SMILES string of the molecule is O=C([C@@H]1CCNC1)N1CCN(C2CC2)C(=O)C1. The molecule has 0 spiro atoms. The summed E-state index contributed by atoms with van der Waals surface area (Å²) in [6, 6.07) is 0.480. The molecule has 2 saturated heterocycles. The van der Waals surface area contributed by atoms with Gasteiger partial charge in [0, 0.05) is 25.7 Å². The molecule has 0 unspecified atom stereocenters. The lowest BCUT2D eigenvalue weighted by molar-refractivity contribution is -0.147. The van der Waals surface area contributed by atoms with Crippen molar-refractivity contribution in [2.24, 2.45) is 5.92 Å². The monoisotopic (exact) mass is 237 g/mol. The Balaban J connectivity index is 1.58. The predicted molar refractivity (Wildman–Crippen MR) is 62.3 cm³/mol. The zero-order valence-electron chi connectivity index (χ0n) is 10.0. The van der Waals surface area contributed by atoms with E-state index < -0.39 is 0 Å². The molecule has 17 heavy (non-hydrogen) atoms. The van der Waals surface area contributed by atoms with Gasteiger partial charge in [-0.25, -0.2) is 0 Å². The summed E-state index contributed by atoms with van der Waals surface area (Å²) < 4.78 is 0. The number of carbonyl (C=O) groups is 2. The van der Waals surface area contributed by atoms with Crippen molar-refractivity contribution in [3.05, 3.63) is 0 Å². The Morgan fingerprint density at radius 1 is 1.24 bits per heavy atom. The van der Waals surface area contributed by atoms with E-state index in [-0.39, 0.29) is 17.7 Å². The van der Waals surface area contributed by atoms with Crippen LogP contribution in [0.4, 0.5) is 0 Å². The minimum atomic E-state index is 0.0928. The zero-order chi connectivity index (χ0) is 11.8. The van der Waals surface area contributed by atoms with Crippen molar-refractivity contribution in [2.75, 3.05) is 32.7 Å². The van der Waals surface area contributed by atoms with Crippen molar-refractivity contribution in [3.8, 4) is 0 Å². The second-order valence-electron chi connectivity index (χ2n) is 5.27. The third-order valence-electron chi connectivity index (χ3n) is 3.97. The van der Waals surface area contributed by atoms with Gasteiger partial charge in [-0.05, 0) is 25.8 Å². The van der Waals surface area contributed by atoms with Crippen LogP contribution in [0.15, 0.2) is 0 Å². The van der Waals surface area contributed by atoms with Crippen LogP contribution < -0.4 is 5.32 Å². The number of nitrogens with zero attached hydrogens (tertiary/aromatic N) is 2. The Morgan fingerprint density at radius 3 is 2.65 bits per heavy atom. The highest BCUT2D eigenvalue weighted by molar-refractivity contribution is 5.87. The number of nitrogens with one attached hydrogen (secondary N) is 1. The summed E-state index contributed by atoms with van der Waals surface area (Å²) in [5, 5.41) is 3.20. The van der Waals surface area contributed by atoms with E-state index >= 15 is 0 Å². The molecule has 3 aliphatic rings. The molecule has 1 saturated carbocycles. The van der Waals surface area contributed by atoms with Crippen LogP contribution in [0, 0.1) is 5.92 Å². The van der Waals surface area contributed by atoms with Crippen LogP contribution in [0.5, 0.6) is 0 Å². The van der Waals surface area contributed by atoms with Crippen molar-refractivity contribution in [3.63, 3.8) is 0 Å². The van der Waals surface area contributed by atoms with Crippen molar-refractivity contribution in [2.45, 2.75) is 25.3 Å². The van der Waals surface area contributed by atoms with E-state index in [2.05, 4.69) is 5.32 Å². The molecular formula is C12H19N3O2. The maximum absolute atomic E-state index is 12.2. The molecule has 5 heteroatoms. The molecule has 2 amide bonds. The average molecular weight is 237 g/mol. The number of piperazine rings is 1. The number of hydrogen-bond donors (Lipinski definition) is 1. The van der Waals surface area contributed by atoms with E-state index in [1.54, 1.807) is 4.90 Å². The molecule has 1 N–H and O–H groups in total. The Morgan fingerprint density at radius 2 is 2.06 bits per heavy atom. The lowest BCUT2D eigenvalue weighted by atomic mass is 10.1. The molecule has 5 nitrogen and oxygen atoms in total. The lowest BCUT2D eigenvalue weighted by Gasteiger charge is -2.35. The van der Waals surface area contributed by atoms with E-state index in [1.807, 2.05) is 4.90 Å². The van der Waals surface area contributed by atoms with Crippen LogP contribution in [0.3, 0.4) is 0 Å². The molecule has 0 aromatic carbocycles. The van der Waals surface area contributed by atoms with Crippen molar-refractivity contribution < 1.29 is 9.59 Å². The van der Waals surface area contributed by atoms with Gasteiger partial charge >= 0.3 is 0 Å². The number of carbonyl (C=O) groups excluding carboxylic acids is 2.